The van der Waals surface area contributed by atoms with E-state index in [4.69, 9.17) is 4.74 Å². The van der Waals surface area contributed by atoms with E-state index in [1.807, 2.05) is 0 Å². The molecule has 4 atom stereocenters. The number of fused-ring (bicyclic) bond motifs is 2. The third kappa shape index (κ3) is 3.85. The Morgan fingerprint density at radius 2 is 2.06 bits per heavy atom. The van der Waals surface area contributed by atoms with Gasteiger partial charge in [0.2, 0.25) is 5.88 Å². The number of aryl methyl sites for hydroxylation is 1. The zero-order valence-electron chi connectivity index (χ0n) is 17.0. The lowest BCUT2D eigenvalue weighted by Gasteiger charge is -2.42. The number of benzene rings is 1. The number of alkyl halides is 1. The Morgan fingerprint density at radius 3 is 2.81 bits per heavy atom. The third-order valence-electron chi connectivity index (χ3n) is 6.06. The largest absolute Gasteiger partial charge is 0.507 e. The lowest BCUT2D eigenvalue weighted by atomic mass is 9.84. The highest BCUT2D eigenvalue weighted by Gasteiger charge is 2.41. The van der Waals surface area contributed by atoms with E-state index < -0.39 is 18.1 Å². The molecule has 0 spiro atoms. The molecule has 2 aliphatic heterocycles. The van der Waals surface area contributed by atoms with Crippen LogP contribution in [0, 0.1) is 5.82 Å². The van der Waals surface area contributed by atoms with Crippen molar-refractivity contribution in [1.29, 1.82) is 0 Å². The minimum atomic E-state index is -1.10. The lowest BCUT2D eigenvalue weighted by molar-refractivity contribution is 0.00652. The number of nitrogens with zero attached hydrogens (tertiary/aromatic N) is 4. The fraction of sp³-hybridized carbons (Fsp3) is 0.409. The number of aromatic nitrogens is 4. The summed E-state index contributed by atoms with van der Waals surface area (Å²) in [5, 5.41) is 25.9. The van der Waals surface area contributed by atoms with Crippen molar-refractivity contribution < 1.29 is 18.6 Å². The van der Waals surface area contributed by atoms with Gasteiger partial charge in [-0.25, -0.2) is 8.78 Å². The van der Waals surface area contributed by atoms with E-state index in [0.717, 1.165) is 19.3 Å². The number of piperidine rings is 2. The van der Waals surface area contributed by atoms with Crippen LogP contribution in [0.2, 0.25) is 0 Å². The highest BCUT2D eigenvalue weighted by molar-refractivity contribution is 5.74. The van der Waals surface area contributed by atoms with E-state index in [0.29, 0.717) is 17.7 Å². The fourth-order valence-corrected chi connectivity index (χ4v) is 4.50. The molecule has 0 radical (unpaired) electrons. The van der Waals surface area contributed by atoms with Crippen LogP contribution in [0.1, 0.15) is 25.7 Å². The molecule has 2 aliphatic rings. The number of hydrogen-bond acceptors (Lipinski definition) is 6. The summed E-state index contributed by atoms with van der Waals surface area (Å²) in [6.45, 7) is 0. The van der Waals surface area contributed by atoms with Gasteiger partial charge in [-0.1, -0.05) is 6.42 Å². The average Bonchev–Trinajstić information content (AvgIpc) is 3.20. The van der Waals surface area contributed by atoms with Crippen LogP contribution in [0.3, 0.4) is 0 Å². The van der Waals surface area contributed by atoms with Gasteiger partial charge in [0.25, 0.3) is 0 Å². The number of nitrogens with one attached hydrogen (secondary N) is 1. The molecule has 2 bridgehead atoms. The molecule has 2 saturated heterocycles. The van der Waals surface area contributed by atoms with Crippen LogP contribution in [0.15, 0.2) is 36.7 Å². The van der Waals surface area contributed by atoms with Gasteiger partial charge >= 0.3 is 0 Å². The van der Waals surface area contributed by atoms with Gasteiger partial charge in [0.1, 0.15) is 17.7 Å². The Bertz CT molecular complexity index is 1090. The van der Waals surface area contributed by atoms with Gasteiger partial charge < -0.3 is 15.2 Å². The van der Waals surface area contributed by atoms with Gasteiger partial charge in [0, 0.05) is 54.5 Å². The molecule has 31 heavy (non-hydrogen) atoms. The van der Waals surface area contributed by atoms with E-state index >= 15 is 0 Å². The first-order valence-electron chi connectivity index (χ1n) is 10.4. The predicted octanol–water partition coefficient (Wildman–Crippen LogP) is 3.39. The lowest BCUT2D eigenvalue weighted by Crippen LogP contribution is -2.59. The molecule has 2 aromatic heterocycles. The second-order valence-corrected chi connectivity index (χ2v) is 8.25. The number of phenols is 1. The Morgan fingerprint density at radius 1 is 1.19 bits per heavy atom. The highest BCUT2D eigenvalue weighted by atomic mass is 19.1. The second-order valence-electron chi connectivity index (χ2n) is 8.25. The first-order chi connectivity index (χ1) is 15.0. The normalized spacial score (nSPS) is 25.4. The average molecular weight is 427 g/mol. The van der Waals surface area contributed by atoms with Crippen molar-refractivity contribution in [1.82, 2.24) is 25.3 Å². The van der Waals surface area contributed by atoms with Crippen molar-refractivity contribution in [3.05, 3.63) is 42.5 Å². The van der Waals surface area contributed by atoms with E-state index in [9.17, 15) is 13.9 Å². The van der Waals surface area contributed by atoms with E-state index in [-0.39, 0.29) is 34.8 Å². The number of rotatable bonds is 4. The van der Waals surface area contributed by atoms with Crippen LogP contribution in [-0.2, 0) is 7.05 Å². The van der Waals surface area contributed by atoms with E-state index in [1.165, 1.54) is 18.3 Å². The smallest absolute Gasteiger partial charge is 0.233 e. The maximum absolute atomic E-state index is 14.7. The number of phenolic OH excluding ortho intramolecular Hbond substituents is 1. The van der Waals surface area contributed by atoms with Gasteiger partial charge in [-0.2, -0.15) is 5.10 Å². The summed E-state index contributed by atoms with van der Waals surface area (Å²) in [5.41, 5.74) is 1.31. The summed E-state index contributed by atoms with van der Waals surface area (Å²) in [6.07, 6.45) is 4.97. The quantitative estimate of drug-likeness (QED) is 0.664. The van der Waals surface area contributed by atoms with Gasteiger partial charge in [-0.3, -0.25) is 4.68 Å². The monoisotopic (exact) mass is 427 g/mol. The molecule has 2 N–H and O–H groups in total. The zero-order valence-corrected chi connectivity index (χ0v) is 17.0. The Balaban J connectivity index is 1.35. The minimum absolute atomic E-state index is 0.127. The summed E-state index contributed by atoms with van der Waals surface area (Å²) in [5.74, 6) is -0.425. The first-order valence-corrected chi connectivity index (χ1v) is 10.4. The van der Waals surface area contributed by atoms with Crippen LogP contribution in [0.25, 0.3) is 22.4 Å². The van der Waals surface area contributed by atoms with Gasteiger partial charge in [0.05, 0.1) is 11.9 Å². The molecule has 3 aromatic rings. The third-order valence-corrected chi connectivity index (χ3v) is 6.06. The molecule has 2 fully saturated rings. The molecule has 5 rings (SSSR count). The maximum Gasteiger partial charge on any atom is 0.233 e. The molecule has 0 saturated carbocycles. The first kappa shape index (κ1) is 19.9. The molecular formula is C22H23F2N5O2. The van der Waals surface area contributed by atoms with Gasteiger partial charge in [-0.15, -0.1) is 10.2 Å². The molecular weight excluding hydrogens is 404 g/mol. The summed E-state index contributed by atoms with van der Waals surface area (Å²) >= 11 is 0. The van der Waals surface area contributed by atoms with Crippen LogP contribution >= 0.6 is 0 Å². The molecule has 0 amide bonds. The molecule has 2 unspecified atom stereocenters. The van der Waals surface area contributed by atoms with Crippen molar-refractivity contribution in [2.75, 3.05) is 0 Å². The fourth-order valence-electron chi connectivity index (χ4n) is 4.50. The van der Waals surface area contributed by atoms with Gasteiger partial charge in [0.15, 0.2) is 6.17 Å². The number of ether oxygens (including phenoxy) is 1. The van der Waals surface area contributed by atoms with Gasteiger partial charge in [-0.05, 0) is 31.0 Å². The number of hydrogen-bond donors (Lipinski definition) is 2. The Hall–Kier alpha value is -3.07. The summed E-state index contributed by atoms with van der Waals surface area (Å²) in [7, 11) is 1.73. The molecule has 7 nitrogen and oxygen atoms in total. The van der Waals surface area contributed by atoms with Crippen LogP contribution in [0.4, 0.5) is 8.78 Å². The zero-order chi connectivity index (χ0) is 21.5. The molecule has 162 valence electrons. The SMILES string of the molecule is Cn1cc(-c2cc(O)c(-c3ccc(O[C@H]4CC5CCCC(N5)[C@H]4F)nn3)cc2F)cn1. The van der Waals surface area contributed by atoms with Crippen molar-refractivity contribution >= 4 is 0 Å². The van der Waals surface area contributed by atoms with Crippen LogP contribution in [0.5, 0.6) is 11.6 Å². The van der Waals surface area contributed by atoms with Crippen molar-refractivity contribution in [3.8, 4) is 34.0 Å². The topological polar surface area (TPSA) is 85.1 Å². The summed E-state index contributed by atoms with van der Waals surface area (Å²) in [4.78, 5) is 0. The molecule has 0 aliphatic carbocycles. The van der Waals surface area contributed by atoms with Crippen molar-refractivity contribution in [3.63, 3.8) is 0 Å². The molecule has 9 heteroatoms. The van der Waals surface area contributed by atoms with Crippen molar-refractivity contribution in [2.45, 2.75) is 50.0 Å². The minimum Gasteiger partial charge on any atom is -0.507 e. The van der Waals surface area contributed by atoms with E-state index in [2.05, 4.69) is 20.6 Å². The molecule has 4 heterocycles. The summed E-state index contributed by atoms with van der Waals surface area (Å²) in [6, 6.07) is 5.79. The van der Waals surface area contributed by atoms with Crippen LogP contribution < -0.4 is 10.1 Å². The predicted molar refractivity (Wildman–Crippen MR) is 110 cm³/mol. The van der Waals surface area contributed by atoms with Crippen LogP contribution in [-0.4, -0.2) is 49.4 Å². The second kappa shape index (κ2) is 7.88. The maximum atomic E-state index is 14.7. The standard InChI is InChI=1S/C22H23F2N5O2/c1-29-11-12(10-25-29)14-9-19(30)15(8-16(14)23)17-5-6-21(28-27-17)31-20-7-13-3-2-4-18(26-13)22(20)24/h5-6,8-11,13,18,20,22,26,30H,2-4,7H2,1H3/t13?,18?,20-,22+/m0/s1. The Kier molecular flexibility index (Phi) is 5.05. The van der Waals surface area contributed by atoms with E-state index in [1.54, 1.807) is 30.1 Å². The molecule has 1 aromatic carbocycles. The number of aromatic hydroxyl groups is 1. The number of halogens is 2. The Labute approximate surface area is 178 Å². The van der Waals surface area contributed by atoms with Crippen molar-refractivity contribution in [2.24, 2.45) is 7.05 Å². The highest BCUT2D eigenvalue weighted by Crippen LogP contribution is 2.35. The summed E-state index contributed by atoms with van der Waals surface area (Å²) < 4.78 is 36.7.